The number of alkyl halides is 1. The van der Waals surface area contributed by atoms with E-state index in [0.29, 0.717) is 0 Å². The quantitative estimate of drug-likeness (QED) is 0.781. The van der Waals surface area contributed by atoms with E-state index in [4.69, 9.17) is 9.47 Å². The van der Waals surface area contributed by atoms with Crippen LogP contribution >= 0.6 is 15.9 Å². The molecule has 1 heterocycles. The van der Waals surface area contributed by atoms with Gasteiger partial charge in [-0.3, -0.25) is 0 Å². The maximum Gasteiger partial charge on any atom is 0.128 e. The topological polar surface area (TPSA) is 18.5 Å². The lowest BCUT2D eigenvalue weighted by atomic mass is 9.94. The molecule has 0 saturated heterocycles. The number of hydrogen-bond donors (Lipinski definition) is 0. The lowest BCUT2D eigenvalue weighted by Crippen LogP contribution is -2.09. The second kappa shape index (κ2) is 6.58. The smallest absolute Gasteiger partial charge is 0.128 e. The van der Waals surface area contributed by atoms with Gasteiger partial charge in [-0.1, -0.05) is 41.4 Å². The summed E-state index contributed by atoms with van der Waals surface area (Å²) < 4.78 is 11.6. The van der Waals surface area contributed by atoms with Gasteiger partial charge in [-0.05, 0) is 30.4 Å². The van der Waals surface area contributed by atoms with Crippen LogP contribution in [0.25, 0.3) is 0 Å². The van der Waals surface area contributed by atoms with Crippen molar-refractivity contribution in [3.8, 4) is 5.75 Å². The first-order valence-electron chi connectivity index (χ1n) is 6.68. The molecular weight excluding hydrogens is 292 g/mol. The minimum Gasteiger partial charge on any atom is -0.496 e. The first-order valence-corrected chi connectivity index (χ1v) is 7.80. The summed E-state index contributed by atoms with van der Waals surface area (Å²) in [5.74, 6) is 1.04. The molecule has 100 valence electrons. The maximum atomic E-state index is 5.93. The highest BCUT2D eigenvalue weighted by Gasteiger charge is 2.24. The van der Waals surface area contributed by atoms with Crippen LogP contribution in [0.5, 0.6) is 5.75 Å². The van der Waals surface area contributed by atoms with Crippen molar-refractivity contribution in [1.29, 1.82) is 0 Å². The Morgan fingerprint density at radius 1 is 1.44 bits per heavy atom. The van der Waals surface area contributed by atoms with Gasteiger partial charge >= 0.3 is 0 Å². The highest BCUT2D eigenvalue weighted by Crippen LogP contribution is 2.38. The molecule has 1 aliphatic heterocycles. The van der Waals surface area contributed by atoms with E-state index >= 15 is 0 Å². The normalized spacial score (nSPS) is 19.2. The molecule has 0 saturated carbocycles. The number of ether oxygens (including phenoxy) is 2. The number of benzene rings is 1. The van der Waals surface area contributed by atoms with Crippen molar-refractivity contribution in [3.05, 3.63) is 28.8 Å². The Bertz CT molecular complexity index is 404. The van der Waals surface area contributed by atoms with Crippen LogP contribution in [0.1, 0.15) is 42.6 Å². The van der Waals surface area contributed by atoms with Crippen LogP contribution in [0.4, 0.5) is 0 Å². The summed E-state index contributed by atoms with van der Waals surface area (Å²) in [6, 6.07) is 4.48. The molecule has 0 bridgehead atoms. The summed E-state index contributed by atoms with van der Waals surface area (Å²) in [7, 11) is 1.77. The van der Waals surface area contributed by atoms with Crippen molar-refractivity contribution in [2.75, 3.05) is 19.0 Å². The molecule has 1 aromatic carbocycles. The molecule has 0 spiro atoms. The zero-order valence-electron chi connectivity index (χ0n) is 11.2. The number of fused-ring (bicyclic) bond motifs is 1. The average molecular weight is 313 g/mol. The van der Waals surface area contributed by atoms with Crippen LogP contribution in [0, 0.1) is 0 Å². The molecule has 2 nitrogen and oxygen atoms in total. The molecule has 18 heavy (non-hydrogen) atoms. The van der Waals surface area contributed by atoms with Gasteiger partial charge in [0.25, 0.3) is 0 Å². The summed E-state index contributed by atoms with van der Waals surface area (Å²) >= 11 is 3.56. The van der Waals surface area contributed by atoms with Crippen LogP contribution in [0.15, 0.2) is 12.1 Å². The molecule has 1 unspecified atom stereocenters. The Kier molecular flexibility index (Phi) is 5.07. The Balaban J connectivity index is 2.50. The van der Waals surface area contributed by atoms with Crippen LogP contribution in [0.2, 0.25) is 0 Å². The van der Waals surface area contributed by atoms with E-state index in [1.54, 1.807) is 7.11 Å². The summed E-state index contributed by atoms with van der Waals surface area (Å²) in [4.78, 5) is 0. The largest absolute Gasteiger partial charge is 0.496 e. The third kappa shape index (κ3) is 2.72. The van der Waals surface area contributed by atoms with Crippen molar-refractivity contribution >= 4 is 15.9 Å². The standard InChI is InChI=1S/C15H21BrO2/c1-3-5-12-8-7-11-6-4-9-18-13(10-16)14(11)15(12)17-2/h7-8,13H,3-6,9-10H2,1-2H3. The van der Waals surface area contributed by atoms with Gasteiger partial charge in [-0.25, -0.2) is 0 Å². The predicted octanol–water partition coefficient (Wildman–Crippen LogP) is 4.05. The fourth-order valence-corrected chi connectivity index (χ4v) is 3.17. The van der Waals surface area contributed by atoms with E-state index in [9.17, 15) is 0 Å². The summed E-state index contributed by atoms with van der Waals surface area (Å²) in [6.07, 6.45) is 4.49. The Labute approximate surface area is 118 Å². The molecule has 1 aliphatic rings. The van der Waals surface area contributed by atoms with Crippen LogP contribution in [-0.2, 0) is 17.6 Å². The molecule has 0 fully saturated rings. The number of hydrogen-bond acceptors (Lipinski definition) is 2. The third-order valence-corrected chi connectivity index (χ3v) is 4.05. The van der Waals surface area contributed by atoms with Gasteiger partial charge in [-0.2, -0.15) is 0 Å². The maximum absolute atomic E-state index is 5.93. The number of rotatable bonds is 4. The zero-order valence-corrected chi connectivity index (χ0v) is 12.8. The number of halogens is 1. The van der Waals surface area contributed by atoms with Gasteiger partial charge in [0.15, 0.2) is 0 Å². The Morgan fingerprint density at radius 2 is 2.28 bits per heavy atom. The SMILES string of the molecule is CCCc1ccc2c(c1OC)C(CBr)OCCC2. The monoisotopic (exact) mass is 312 g/mol. The minimum atomic E-state index is 0.120. The van der Waals surface area contributed by atoms with Crippen LogP contribution in [-0.4, -0.2) is 19.0 Å². The molecule has 0 amide bonds. The molecule has 1 aromatic rings. The molecule has 0 aromatic heterocycles. The van der Waals surface area contributed by atoms with Crippen LogP contribution in [0.3, 0.4) is 0 Å². The third-order valence-electron chi connectivity index (χ3n) is 3.46. The molecule has 0 N–H and O–H groups in total. The molecule has 1 atom stereocenters. The summed E-state index contributed by atoms with van der Waals surface area (Å²) in [5.41, 5.74) is 3.95. The van der Waals surface area contributed by atoms with E-state index in [0.717, 1.165) is 43.4 Å². The number of methoxy groups -OCH3 is 1. The Hall–Kier alpha value is -0.540. The van der Waals surface area contributed by atoms with Crippen molar-refractivity contribution in [2.45, 2.75) is 38.7 Å². The van der Waals surface area contributed by atoms with E-state index in [2.05, 4.69) is 35.0 Å². The predicted molar refractivity (Wildman–Crippen MR) is 77.8 cm³/mol. The minimum absolute atomic E-state index is 0.120. The lowest BCUT2D eigenvalue weighted by Gasteiger charge is -2.21. The van der Waals surface area contributed by atoms with Gasteiger partial charge in [-0.15, -0.1) is 0 Å². The fourth-order valence-electron chi connectivity index (χ4n) is 2.66. The second-order valence-corrected chi connectivity index (χ2v) is 5.35. The van der Waals surface area contributed by atoms with Gasteiger partial charge in [0.2, 0.25) is 0 Å². The summed E-state index contributed by atoms with van der Waals surface area (Å²) in [5, 5.41) is 0.825. The van der Waals surface area contributed by atoms with E-state index < -0.39 is 0 Å². The van der Waals surface area contributed by atoms with Crippen molar-refractivity contribution < 1.29 is 9.47 Å². The van der Waals surface area contributed by atoms with E-state index in [-0.39, 0.29) is 6.10 Å². The fraction of sp³-hybridized carbons (Fsp3) is 0.600. The Morgan fingerprint density at radius 3 is 2.94 bits per heavy atom. The molecular formula is C15H21BrO2. The highest BCUT2D eigenvalue weighted by molar-refractivity contribution is 9.09. The van der Waals surface area contributed by atoms with Gasteiger partial charge < -0.3 is 9.47 Å². The lowest BCUT2D eigenvalue weighted by molar-refractivity contribution is 0.0723. The zero-order chi connectivity index (χ0) is 13.0. The highest BCUT2D eigenvalue weighted by atomic mass is 79.9. The van der Waals surface area contributed by atoms with Crippen molar-refractivity contribution in [1.82, 2.24) is 0 Å². The number of aryl methyl sites for hydroxylation is 2. The van der Waals surface area contributed by atoms with E-state index in [1.165, 1.54) is 16.7 Å². The molecule has 0 radical (unpaired) electrons. The molecule has 2 rings (SSSR count). The first kappa shape index (κ1) is 13.9. The van der Waals surface area contributed by atoms with Gasteiger partial charge in [0, 0.05) is 17.5 Å². The summed E-state index contributed by atoms with van der Waals surface area (Å²) in [6.45, 7) is 3.03. The van der Waals surface area contributed by atoms with Crippen molar-refractivity contribution in [3.63, 3.8) is 0 Å². The van der Waals surface area contributed by atoms with Crippen LogP contribution < -0.4 is 4.74 Å². The van der Waals surface area contributed by atoms with Crippen molar-refractivity contribution in [2.24, 2.45) is 0 Å². The molecule has 0 aliphatic carbocycles. The molecule has 3 heteroatoms. The van der Waals surface area contributed by atoms with Gasteiger partial charge in [0.05, 0.1) is 13.2 Å². The first-order chi connectivity index (χ1) is 8.81. The second-order valence-electron chi connectivity index (χ2n) is 4.70. The van der Waals surface area contributed by atoms with Gasteiger partial charge in [0.1, 0.15) is 5.75 Å². The average Bonchev–Trinajstić information content (AvgIpc) is 2.61. The van der Waals surface area contributed by atoms with E-state index in [1.807, 2.05) is 0 Å².